The third-order valence-corrected chi connectivity index (χ3v) is 3.06. The molecule has 0 aliphatic carbocycles. The minimum absolute atomic E-state index is 0.0469. The van der Waals surface area contributed by atoms with Crippen molar-refractivity contribution in [3.63, 3.8) is 0 Å². The molecule has 0 unspecified atom stereocenters. The summed E-state index contributed by atoms with van der Waals surface area (Å²) in [5.41, 5.74) is 0.647. The van der Waals surface area contributed by atoms with E-state index in [9.17, 15) is 4.79 Å². The van der Waals surface area contributed by atoms with Crippen LogP contribution in [0.5, 0.6) is 0 Å². The molecule has 1 aromatic heterocycles. The molecule has 0 bridgehead atoms. The Kier molecular flexibility index (Phi) is 6.38. The molecule has 0 aliphatic rings. The van der Waals surface area contributed by atoms with Gasteiger partial charge in [0, 0.05) is 11.9 Å². The zero-order valence-electron chi connectivity index (χ0n) is 9.95. The fourth-order valence-corrected chi connectivity index (χ4v) is 2.08. The SMILES string of the molecule is CCCCCNC(=O)c1csc(C#CCO)c1. The van der Waals surface area contributed by atoms with Gasteiger partial charge in [-0.15, -0.1) is 11.3 Å². The Balaban J connectivity index is 2.43. The Morgan fingerprint density at radius 1 is 1.53 bits per heavy atom. The number of aliphatic hydroxyl groups excluding tert-OH is 1. The Bertz CT molecular complexity index is 415. The quantitative estimate of drug-likeness (QED) is 0.621. The number of thiophene rings is 1. The van der Waals surface area contributed by atoms with E-state index in [4.69, 9.17) is 5.11 Å². The molecule has 0 spiro atoms. The van der Waals surface area contributed by atoms with Crippen molar-refractivity contribution in [2.45, 2.75) is 26.2 Å². The van der Waals surface area contributed by atoms with E-state index in [1.807, 2.05) is 0 Å². The molecule has 1 rings (SSSR count). The molecule has 1 heterocycles. The van der Waals surface area contributed by atoms with Crippen molar-refractivity contribution >= 4 is 17.2 Å². The first-order valence-electron chi connectivity index (χ1n) is 5.74. The zero-order chi connectivity index (χ0) is 12.5. The molecule has 0 saturated heterocycles. The summed E-state index contributed by atoms with van der Waals surface area (Å²) in [5.74, 6) is 5.30. The first-order valence-corrected chi connectivity index (χ1v) is 6.62. The Morgan fingerprint density at radius 3 is 3.06 bits per heavy atom. The lowest BCUT2D eigenvalue weighted by atomic mass is 10.2. The molecule has 3 nitrogen and oxygen atoms in total. The molecule has 0 saturated carbocycles. The van der Waals surface area contributed by atoms with Gasteiger partial charge in [-0.2, -0.15) is 0 Å². The Labute approximate surface area is 106 Å². The van der Waals surface area contributed by atoms with Gasteiger partial charge < -0.3 is 10.4 Å². The lowest BCUT2D eigenvalue weighted by Gasteiger charge is -2.01. The van der Waals surface area contributed by atoms with Crippen molar-refractivity contribution in [2.24, 2.45) is 0 Å². The van der Waals surface area contributed by atoms with Crippen LogP contribution in [0.15, 0.2) is 11.4 Å². The largest absolute Gasteiger partial charge is 0.384 e. The molecule has 0 fully saturated rings. The van der Waals surface area contributed by atoms with Crippen LogP contribution in [0.3, 0.4) is 0 Å². The van der Waals surface area contributed by atoms with Crippen molar-refractivity contribution in [2.75, 3.05) is 13.2 Å². The number of nitrogens with one attached hydrogen (secondary N) is 1. The van der Waals surface area contributed by atoms with E-state index in [1.165, 1.54) is 11.3 Å². The maximum absolute atomic E-state index is 11.7. The number of amides is 1. The molecule has 0 aromatic carbocycles. The van der Waals surface area contributed by atoms with Crippen LogP contribution in [-0.4, -0.2) is 24.2 Å². The van der Waals surface area contributed by atoms with Gasteiger partial charge in [-0.1, -0.05) is 31.6 Å². The third kappa shape index (κ3) is 5.03. The first-order chi connectivity index (χ1) is 8.27. The zero-order valence-corrected chi connectivity index (χ0v) is 10.8. The molecule has 17 heavy (non-hydrogen) atoms. The first kappa shape index (κ1) is 13.8. The van der Waals surface area contributed by atoms with Crippen LogP contribution in [0.2, 0.25) is 0 Å². The van der Waals surface area contributed by atoms with Crippen LogP contribution in [-0.2, 0) is 0 Å². The predicted octanol–water partition coefficient (Wildman–Crippen LogP) is 2.01. The number of hydrogen-bond donors (Lipinski definition) is 2. The second-order valence-electron chi connectivity index (χ2n) is 3.62. The summed E-state index contributed by atoms with van der Waals surface area (Å²) >= 11 is 1.42. The fraction of sp³-hybridized carbons (Fsp3) is 0.462. The highest BCUT2D eigenvalue weighted by atomic mass is 32.1. The molecule has 0 atom stereocenters. The Hall–Kier alpha value is -1.31. The van der Waals surface area contributed by atoms with Gasteiger partial charge in [0.05, 0.1) is 10.4 Å². The van der Waals surface area contributed by atoms with E-state index in [-0.39, 0.29) is 12.5 Å². The molecule has 4 heteroatoms. The van der Waals surface area contributed by atoms with Crippen molar-refractivity contribution in [3.05, 3.63) is 21.9 Å². The summed E-state index contributed by atoms with van der Waals surface area (Å²) in [7, 11) is 0. The van der Waals surface area contributed by atoms with Crippen LogP contribution >= 0.6 is 11.3 Å². The minimum Gasteiger partial charge on any atom is -0.384 e. The van der Waals surface area contributed by atoms with Crippen molar-refractivity contribution in [1.82, 2.24) is 5.32 Å². The lowest BCUT2D eigenvalue weighted by Crippen LogP contribution is -2.23. The molecule has 0 radical (unpaired) electrons. The Morgan fingerprint density at radius 2 is 2.35 bits per heavy atom. The molecule has 1 amide bonds. The predicted molar refractivity (Wildman–Crippen MR) is 70.1 cm³/mol. The molecule has 92 valence electrons. The van der Waals surface area contributed by atoms with E-state index < -0.39 is 0 Å². The van der Waals surface area contributed by atoms with Gasteiger partial charge in [0.15, 0.2) is 0 Å². The summed E-state index contributed by atoms with van der Waals surface area (Å²) in [4.78, 5) is 12.5. The van der Waals surface area contributed by atoms with Crippen molar-refractivity contribution in [3.8, 4) is 11.8 Å². The summed E-state index contributed by atoms with van der Waals surface area (Å²) in [6.45, 7) is 2.70. The molecule has 0 aliphatic heterocycles. The highest BCUT2D eigenvalue weighted by Crippen LogP contribution is 2.13. The summed E-state index contributed by atoms with van der Waals surface area (Å²) < 4.78 is 0. The number of rotatable bonds is 5. The van der Waals surface area contributed by atoms with E-state index in [2.05, 4.69) is 24.1 Å². The normalized spacial score (nSPS) is 9.53. The van der Waals surface area contributed by atoms with Gasteiger partial charge in [0.25, 0.3) is 5.91 Å². The maximum Gasteiger partial charge on any atom is 0.252 e. The van der Waals surface area contributed by atoms with Gasteiger partial charge in [-0.3, -0.25) is 4.79 Å². The average Bonchev–Trinajstić information content (AvgIpc) is 2.80. The second kappa shape index (κ2) is 7.88. The molecule has 2 N–H and O–H groups in total. The number of carbonyl (C=O) groups is 1. The van der Waals surface area contributed by atoms with Gasteiger partial charge >= 0.3 is 0 Å². The monoisotopic (exact) mass is 251 g/mol. The van der Waals surface area contributed by atoms with Crippen LogP contribution in [0, 0.1) is 11.8 Å². The van der Waals surface area contributed by atoms with Crippen LogP contribution in [0.1, 0.15) is 41.4 Å². The second-order valence-corrected chi connectivity index (χ2v) is 4.53. The van der Waals surface area contributed by atoms with Crippen LogP contribution < -0.4 is 5.32 Å². The van der Waals surface area contributed by atoms with Gasteiger partial charge in [0.1, 0.15) is 6.61 Å². The van der Waals surface area contributed by atoms with Crippen molar-refractivity contribution in [1.29, 1.82) is 0 Å². The lowest BCUT2D eigenvalue weighted by molar-refractivity contribution is 0.0953. The smallest absolute Gasteiger partial charge is 0.252 e. The fourth-order valence-electron chi connectivity index (χ4n) is 1.33. The molecular weight excluding hydrogens is 234 g/mol. The molecular formula is C13H17NO2S. The number of carbonyl (C=O) groups excluding carboxylic acids is 1. The van der Waals surface area contributed by atoms with E-state index >= 15 is 0 Å². The van der Waals surface area contributed by atoms with Gasteiger partial charge in [-0.05, 0) is 12.5 Å². The minimum atomic E-state index is -0.156. The van der Waals surface area contributed by atoms with Crippen LogP contribution in [0.4, 0.5) is 0 Å². The standard InChI is InChI=1S/C13H17NO2S/c1-2-3-4-7-14-13(16)11-9-12(17-10-11)6-5-8-15/h9-10,15H,2-4,7-8H2,1H3,(H,14,16). The van der Waals surface area contributed by atoms with Crippen LogP contribution in [0.25, 0.3) is 0 Å². The van der Waals surface area contributed by atoms with Gasteiger partial charge in [0.2, 0.25) is 0 Å². The van der Waals surface area contributed by atoms with E-state index in [0.717, 1.165) is 30.7 Å². The maximum atomic E-state index is 11.7. The van der Waals surface area contributed by atoms with E-state index in [1.54, 1.807) is 11.4 Å². The number of aliphatic hydroxyl groups is 1. The highest BCUT2D eigenvalue weighted by Gasteiger charge is 2.06. The van der Waals surface area contributed by atoms with Gasteiger partial charge in [-0.25, -0.2) is 0 Å². The summed E-state index contributed by atoms with van der Waals surface area (Å²) in [5, 5.41) is 13.2. The van der Waals surface area contributed by atoms with E-state index in [0.29, 0.717) is 5.56 Å². The summed E-state index contributed by atoms with van der Waals surface area (Å²) in [6, 6.07) is 1.75. The topological polar surface area (TPSA) is 49.3 Å². The number of hydrogen-bond acceptors (Lipinski definition) is 3. The summed E-state index contributed by atoms with van der Waals surface area (Å²) in [6.07, 6.45) is 3.30. The number of unbranched alkanes of at least 4 members (excludes halogenated alkanes) is 2. The molecule has 1 aromatic rings. The highest BCUT2D eigenvalue weighted by molar-refractivity contribution is 7.10. The third-order valence-electron chi connectivity index (χ3n) is 2.22. The van der Waals surface area contributed by atoms with Crippen molar-refractivity contribution < 1.29 is 9.90 Å². The average molecular weight is 251 g/mol.